The number of rotatable bonds is 7. The molecular formula is C20H27N3O3. The van der Waals surface area contributed by atoms with Crippen LogP contribution in [-0.4, -0.2) is 35.9 Å². The molecule has 2 N–H and O–H groups in total. The van der Waals surface area contributed by atoms with Crippen LogP contribution in [0.1, 0.15) is 48.3 Å². The maximum absolute atomic E-state index is 12.8. The number of nitrogens with zero attached hydrogens (tertiary/aromatic N) is 1. The molecule has 0 spiro atoms. The van der Waals surface area contributed by atoms with E-state index >= 15 is 0 Å². The molecule has 1 atom stereocenters. The molecule has 0 saturated carbocycles. The predicted octanol–water partition coefficient (Wildman–Crippen LogP) is 3.13. The minimum absolute atomic E-state index is 0.107. The Bertz CT molecular complexity index is 755. The third-order valence-electron chi connectivity index (χ3n) is 4.74. The van der Waals surface area contributed by atoms with Crippen LogP contribution >= 0.6 is 0 Å². The molecule has 3 rings (SSSR count). The second-order valence-electron chi connectivity index (χ2n) is 7.18. The first-order valence-corrected chi connectivity index (χ1v) is 9.19. The van der Waals surface area contributed by atoms with E-state index in [-0.39, 0.29) is 11.9 Å². The molecule has 1 amide bonds. The Morgan fingerprint density at radius 3 is 3.04 bits per heavy atom. The molecule has 1 aromatic heterocycles. The van der Waals surface area contributed by atoms with Crippen LogP contribution in [0.5, 0.6) is 11.5 Å². The van der Waals surface area contributed by atoms with Crippen LogP contribution in [0.3, 0.4) is 0 Å². The number of aromatic amines is 1. The first kappa shape index (κ1) is 18.3. The molecule has 6 heteroatoms. The van der Waals surface area contributed by atoms with E-state index in [1.807, 2.05) is 6.20 Å². The number of ether oxygens (including phenoxy) is 2. The molecule has 0 aliphatic heterocycles. The highest BCUT2D eigenvalue weighted by atomic mass is 16.5. The number of amides is 1. The summed E-state index contributed by atoms with van der Waals surface area (Å²) in [5.74, 6) is 1.69. The largest absolute Gasteiger partial charge is 0.497 e. The van der Waals surface area contributed by atoms with E-state index in [4.69, 9.17) is 9.47 Å². The topological polar surface area (TPSA) is 76.2 Å². The fourth-order valence-corrected chi connectivity index (χ4v) is 3.14. The molecule has 0 saturated heterocycles. The van der Waals surface area contributed by atoms with E-state index in [9.17, 15) is 4.79 Å². The lowest BCUT2D eigenvalue weighted by molar-refractivity contribution is 0.0929. The first-order valence-electron chi connectivity index (χ1n) is 9.19. The number of benzene rings is 1. The SMILES string of the molecule is COc1ccc(C(=O)NC2CCc3[nH]ncc3C2)c(OCCC(C)C)c1. The molecular weight excluding hydrogens is 330 g/mol. The van der Waals surface area contributed by atoms with Gasteiger partial charge in [-0.2, -0.15) is 5.10 Å². The molecule has 0 bridgehead atoms. The summed E-state index contributed by atoms with van der Waals surface area (Å²) in [6.45, 7) is 4.87. The van der Waals surface area contributed by atoms with Gasteiger partial charge in [-0.25, -0.2) is 0 Å². The van der Waals surface area contributed by atoms with Crippen molar-refractivity contribution in [1.29, 1.82) is 0 Å². The number of methoxy groups -OCH3 is 1. The monoisotopic (exact) mass is 357 g/mol. The van der Waals surface area contributed by atoms with Crippen molar-refractivity contribution in [2.45, 2.75) is 45.6 Å². The van der Waals surface area contributed by atoms with Crippen LogP contribution in [0.4, 0.5) is 0 Å². The van der Waals surface area contributed by atoms with Gasteiger partial charge in [-0.3, -0.25) is 9.89 Å². The third-order valence-corrected chi connectivity index (χ3v) is 4.74. The average Bonchev–Trinajstić information content (AvgIpc) is 3.09. The van der Waals surface area contributed by atoms with E-state index in [1.165, 1.54) is 11.3 Å². The van der Waals surface area contributed by atoms with Crippen LogP contribution in [0, 0.1) is 5.92 Å². The molecule has 6 nitrogen and oxygen atoms in total. The fraction of sp³-hybridized carbons (Fsp3) is 0.500. The smallest absolute Gasteiger partial charge is 0.255 e. The van der Waals surface area contributed by atoms with Crippen molar-refractivity contribution in [3.05, 3.63) is 41.2 Å². The molecule has 140 valence electrons. The number of hydrogen-bond donors (Lipinski definition) is 2. The zero-order chi connectivity index (χ0) is 18.5. The third kappa shape index (κ3) is 4.36. The summed E-state index contributed by atoms with van der Waals surface area (Å²) < 4.78 is 11.2. The van der Waals surface area contributed by atoms with Crippen molar-refractivity contribution in [2.75, 3.05) is 13.7 Å². The van der Waals surface area contributed by atoms with Gasteiger partial charge in [-0.1, -0.05) is 13.8 Å². The fourth-order valence-electron chi connectivity index (χ4n) is 3.14. The second kappa shape index (κ2) is 8.25. The number of carbonyl (C=O) groups excluding carboxylic acids is 1. The Kier molecular flexibility index (Phi) is 5.81. The maximum Gasteiger partial charge on any atom is 0.255 e. The number of fused-ring (bicyclic) bond motifs is 1. The van der Waals surface area contributed by atoms with Crippen LogP contribution in [0.2, 0.25) is 0 Å². The van der Waals surface area contributed by atoms with Gasteiger partial charge in [-0.05, 0) is 49.3 Å². The number of nitrogens with one attached hydrogen (secondary N) is 2. The van der Waals surface area contributed by atoms with Gasteiger partial charge in [0.25, 0.3) is 5.91 Å². The van der Waals surface area contributed by atoms with Gasteiger partial charge in [0.2, 0.25) is 0 Å². The number of hydrogen-bond acceptors (Lipinski definition) is 4. The Hall–Kier alpha value is -2.50. The predicted molar refractivity (Wildman–Crippen MR) is 99.8 cm³/mol. The lowest BCUT2D eigenvalue weighted by Crippen LogP contribution is -2.38. The minimum atomic E-state index is -0.107. The summed E-state index contributed by atoms with van der Waals surface area (Å²) >= 11 is 0. The number of carbonyl (C=O) groups is 1. The number of H-pyrrole nitrogens is 1. The van der Waals surface area contributed by atoms with E-state index < -0.39 is 0 Å². The van der Waals surface area contributed by atoms with Gasteiger partial charge in [0, 0.05) is 17.8 Å². The van der Waals surface area contributed by atoms with Crippen LogP contribution in [0.25, 0.3) is 0 Å². The van der Waals surface area contributed by atoms with E-state index in [0.29, 0.717) is 29.6 Å². The molecule has 1 aliphatic carbocycles. The second-order valence-corrected chi connectivity index (χ2v) is 7.18. The molecule has 1 unspecified atom stereocenters. The molecule has 26 heavy (non-hydrogen) atoms. The van der Waals surface area contributed by atoms with Gasteiger partial charge < -0.3 is 14.8 Å². The van der Waals surface area contributed by atoms with E-state index in [2.05, 4.69) is 29.4 Å². The Labute approximate surface area is 154 Å². The highest BCUT2D eigenvalue weighted by Gasteiger charge is 2.23. The van der Waals surface area contributed by atoms with Crippen molar-refractivity contribution in [3.8, 4) is 11.5 Å². The summed E-state index contributed by atoms with van der Waals surface area (Å²) in [7, 11) is 1.61. The standard InChI is InChI=1S/C20H27N3O3/c1-13(2)8-9-26-19-11-16(25-3)5-6-17(19)20(24)22-15-4-7-18-14(10-15)12-21-23-18/h5-6,11-13,15H,4,7-10H2,1-3H3,(H,21,23)(H,22,24). The van der Waals surface area contributed by atoms with Crippen molar-refractivity contribution in [1.82, 2.24) is 15.5 Å². The van der Waals surface area contributed by atoms with E-state index in [1.54, 1.807) is 25.3 Å². The van der Waals surface area contributed by atoms with Gasteiger partial charge in [-0.15, -0.1) is 0 Å². The summed E-state index contributed by atoms with van der Waals surface area (Å²) in [6.07, 6.45) is 5.39. The zero-order valence-corrected chi connectivity index (χ0v) is 15.7. The normalized spacial score (nSPS) is 16.2. The average molecular weight is 357 g/mol. The van der Waals surface area contributed by atoms with Gasteiger partial charge in [0.05, 0.1) is 25.5 Å². The zero-order valence-electron chi connectivity index (χ0n) is 15.7. The first-order chi connectivity index (χ1) is 12.6. The highest BCUT2D eigenvalue weighted by Crippen LogP contribution is 2.26. The quantitative estimate of drug-likeness (QED) is 0.798. The van der Waals surface area contributed by atoms with Gasteiger partial charge >= 0.3 is 0 Å². The molecule has 1 aromatic carbocycles. The van der Waals surface area contributed by atoms with Gasteiger partial charge in [0.15, 0.2) is 0 Å². The summed E-state index contributed by atoms with van der Waals surface area (Å²) in [4.78, 5) is 12.8. The van der Waals surface area contributed by atoms with Crippen LogP contribution in [0.15, 0.2) is 24.4 Å². The molecule has 0 fully saturated rings. The Morgan fingerprint density at radius 2 is 2.27 bits per heavy atom. The molecule has 0 radical (unpaired) electrons. The van der Waals surface area contributed by atoms with Crippen molar-refractivity contribution in [3.63, 3.8) is 0 Å². The molecule has 1 heterocycles. The maximum atomic E-state index is 12.8. The lowest BCUT2D eigenvalue weighted by atomic mass is 9.93. The molecule has 2 aromatic rings. The Balaban J connectivity index is 1.69. The van der Waals surface area contributed by atoms with E-state index in [0.717, 1.165) is 25.7 Å². The van der Waals surface area contributed by atoms with Gasteiger partial charge in [0.1, 0.15) is 11.5 Å². The van der Waals surface area contributed by atoms with Crippen LogP contribution in [-0.2, 0) is 12.8 Å². The van der Waals surface area contributed by atoms with Crippen molar-refractivity contribution in [2.24, 2.45) is 5.92 Å². The number of aryl methyl sites for hydroxylation is 1. The summed E-state index contributed by atoms with van der Waals surface area (Å²) in [5.41, 5.74) is 2.91. The van der Waals surface area contributed by atoms with Crippen LogP contribution < -0.4 is 14.8 Å². The van der Waals surface area contributed by atoms with Crippen molar-refractivity contribution >= 4 is 5.91 Å². The molecule has 1 aliphatic rings. The summed E-state index contributed by atoms with van der Waals surface area (Å²) in [6, 6.07) is 5.45. The van der Waals surface area contributed by atoms with Crippen molar-refractivity contribution < 1.29 is 14.3 Å². The minimum Gasteiger partial charge on any atom is -0.497 e. The lowest BCUT2D eigenvalue weighted by Gasteiger charge is -2.23. The Morgan fingerprint density at radius 1 is 1.42 bits per heavy atom. The highest BCUT2D eigenvalue weighted by molar-refractivity contribution is 5.97. The number of aromatic nitrogens is 2. The summed E-state index contributed by atoms with van der Waals surface area (Å²) in [5, 5.41) is 10.2.